The number of hydrogen-bond donors (Lipinski definition) is 3. The monoisotopic (exact) mass is 487 g/mol. The first kappa shape index (κ1) is 23.5. The second-order valence-corrected chi connectivity index (χ2v) is 12.6. The molecule has 34 heavy (non-hydrogen) atoms. The van der Waals surface area contributed by atoms with Crippen LogP contribution in [-0.2, 0) is 19.6 Å². The van der Waals surface area contributed by atoms with Crippen LogP contribution in [0.2, 0.25) is 0 Å². The van der Waals surface area contributed by atoms with E-state index < -0.39 is 22.1 Å². The molecule has 1 aliphatic heterocycles. The Morgan fingerprint density at radius 3 is 2.18 bits per heavy atom. The molecule has 4 aliphatic carbocycles. The van der Waals surface area contributed by atoms with Crippen molar-refractivity contribution in [2.45, 2.75) is 61.9 Å². The zero-order chi connectivity index (χ0) is 24.1. The van der Waals surface area contributed by atoms with E-state index in [4.69, 9.17) is 0 Å². The van der Waals surface area contributed by atoms with Gasteiger partial charge in [-0.2, -0.15) is 4.31 Å². The van der Waals surface area contributed by atoms with Gasteiger partial charge in [0.1, 0.15) is 0 Å². The van der Waals surface area contributed by atoms with Crippen LogP contribution in [0, 0.1) is 23.2 Å². The normalized spacial score (nSPS) is 34.7. The van der Waals surface area contributed by atoms with E-state index >= 15 is 0 Å². The molecular formula is C25H33N3O5S. The standard InChI is InChI=1S/C25H33N3O5S/c1-2-23(30)26-20-10-21(15-29)28(14-20)34(32,33)22-5-3-19(4-6-22)27-24(31)25-11-16-7-17(12-25)9-18(8-16)13-25/h2-6,16-18,20-21,29H,1,7-15H2,(H,26,30)(H,27,31). The van der Waals surface area contributed by atoms with Crippen LogP contribution in [0.5, 0.6) is 0 Å². The van der Waals surface area contributed by atoms with Crippen LogP contribution in [0.3, 0.4) is 0 Å². The van der Waals surface area contributed by atoms with E-state index in [1.807, 2.05) is 0 Å². The minimum atomic E-state index is -3.87. The summed E-state index contributed by atoms with van der Waals surface area (Å²) in [7, 11) is -3.87. The van der Waals surface area contributed by atoms with E-state index in [1.165, 1.54) is 35.7 Å². The summed E-state index contributed by atoms with van der Waals surface area (Å²) in [6.07, 6.45) is 8.18. The molecule has 3 N–H and O–H groups in total. The van der Waals surface area contributed by atoms with Gasteiger partial charge in [0.05, 0.1) is 23.0 Å². The van der Waals surface area contributed by atoms with Crippen molar-refractivity contribution in [1.82, 2.24) is 9.62 Å². The molecule has 9 heteroatoms. The first-order valence-corrected chi connectivity index (χ1v) is 13.6. The number of rotatable bonds is 7. The van der Waals surface area contributed by atoms with Crippen molar-refractivity contribution in [2.75, 3.05) is 18.5 Å². The molecular weight excluding hydrogens is 454 g/mol. The summed E-state index contributed by atoms with van der Waals surface area (Å²) < 4.78 is 27.8. The predicted molar refractivity (Wildman–Crippen MR) is 127 cm³/mol. The maximum atomic E-state index is 13.3. The third-order valence-electron chi connectivity index (χ3n) is 8.35. The lowest BCUT2D eigenvalue weighted by molar-refractivity contribution is -0.140. The van der Waals surface area contributed by atoms with E-state index in [2.05, 4.69) is 17.2 Å². The number of carbonyl (C=O) groups is 2. The molecule has 4 saturated carbocycles. The first-order valence-electron chi connectivity index (χ1n) is 12.2. The van der Waals surface area contributed by atoms with Crippen LogP contribution in [0.4, 0.5) is 5.69 Å². The fourth-order valence-corrected chi connectivity index (χ4v) is 8.88. The number of aliphatic hydroxyl groups is 1. The average Bonchev–Trinajstić information content (AvgIpc) is 3.22. The third-order valence-corrected chi connectivity index (χ3v) is 10.3. The number of nitrogens with zero attached hydrogens (tertiary/aromatic N) is 1. The van der Waals surface area contributed by atoms with Gasteiger partial charge < -0.3 is 15.7 Å². The van der Waals surface area contributed by atoms with Gasteiger partial charge in [0.25, 0.3) is 0 Å². The molecule has 5 aliphatic rings. The van der Waals surface area contributed by atoms with Gasteiger partial charge in [0, 0.05) is 18.3 Å². The highest BCUT2D eigenvalue weighted by atomic mass is 32.2. The molecule has 6 rings (SSSR count). The molecule has 0 spiro atoms. The summed E-state index contributed by atoms with van der Waals surface area (Å²) in [4.78, 5) is 25.0. The largest absolute Gasteiger partial charge is 0.395 e. The lowest BCUT2D eigenvalue weighted by Gasteiger charge is -2.55. The van der Waals surface area contributed by atoms with Crippen molar-refractivity contribution in [3.8, 4) is 0 Å². The molecule has 5 fully saturated rings. The number of hydrogen-bond acceptors (Lipinski definition) is 5. The van der Waals surface area contributed by atoms with Gasteiger partial charge in [0.2, 0.25) is 21.8 Å². The molecule has 0 radical (unpaired) electrons. The number of aliphatic hydroxyl groups excluding tert-OH is 1. The average molecular weight is 488 g/mol. The van der Waals surface area contributed by atoms with Crippen molar-refractivity contribution in [1.29, 1.82) is 0 Å². The van der Waals surface area contributed by atoms with E-state index in [1.54, 1.807) is 12.1 Å². The summed E-state index contributed by atoms with van der Waals surface area (Å²) in [6, 6.07) is 5.24. The Hall–Kier alpha value is -2.23. The van der Waals surface area contributed by atoms with Gasteiger partial charge >= 0.3 is 0 Å². The van der Waals surface area contributed by atoms with E-state index in [0.717, 1.165) is 25.3 Å². The summed E-state index contributed by atoms with van der Waals surface area (Å²) in [5, 5.41) is 15.5. The number of sulfonamides is 1. The van der Waals surface area contributed by atoms with Crippen LogP contribution in [0.15, 0.2) is 41.8 Å². The number of carbonyl (C=O) groups excluding carboxylic acids is 2. The smallest absolute Gasteiger partial charge is 0.243 e. The third kappa shape index (κ3) is 4.18. The van der Waals surface area contributed by atoms with E-state index in [0.29, 0.717) is 29.9 Å². The molecule has 2 amide bonds. The van der Waals surface area contributed by atoms with Crippen LogP contribution >= 0.6 is 0 Å². The highest BCUT2D eigenvalue weighted by Gasteiger charge is 2.54. The predicted octanol–water partition coefficient (Wildman–Crippen LogP) is 2.27. The lowest BCUT2D eigenvalue weighted by Crippen LogP contribution is -2.51. The van der Waals surface area contributed by atoms with Crippen LogP contribution in [0.1, 0.15) is 44.9 Å². The first-order chi connectivity index (χ1) is 16.2. The van der Waals surface area contributed by atoms with Crippen molar-refractivity contribution >= 4 is 27.5 Å². The van der Waals surface area contributed by atoms with Crippen molar-refractivity contribution in [2.24, 2.45) is 23.2 Å². The number of benzene rings is 1. The highest BCUT2D eigenvalue weighted by molar-refractivity contribution is 7.89. The molecule has 1 heterocycles. The second-order valence-electron chi connectivity index (χ2n) is 10.7. The lowest BCUT2D eigenvalue weighted by atomic mass is 9.49. The summed E-state index contributed by atoms with van der Waals surface area (Å²) in [5.74, 6) is 1.71. The summed E-state index contributed by atoms with van der Waals surface area (Å²) in [5.41, 5.74) is 0.324. The van der Waals surface area contributed by atoms with Gasteiger partial charge in [0.15, 0.2) is 0 Å². The molecule has 8 nitrogen and oxygen atoms in total. The molecule has 1 aromatic carbocycles. The highest BCUT2D eigenvalue weighted by Crippen LogP contribution is 2.60. The molecule has 1 saturated heterocycles. The fraction of sp³-hybridized carbons (Fsp3) is 0.600. The van der Waals surface area contributed by atoms with Gasteiger partial charge in [-0.05, 0) is 93.0 Å². The van der Waals surface area contributed by atoms with Gasteiger partial charge in [-0.25, -0.2) is 8.42 Å². The number of amides is 2. The van der Waals surface area contributed by atoms with E-state index in [-0.39, 0.29) is 35.3 Å². The zero-order valence-corrected chi connectivity index (χ0v) is 20.1. The Morgan fingerprint density at radius 1 is 1.06 bits per heavy atom. The number of anilines is 1. The van der Waals surface area contributed by atoms with Gasteiger partial charge in [-0.1, -0.05) is 6.58 Å². The molecule has 2 atom stereocenters. The number of nitrogens with one attached hydrogen (secondary N) is 2. The van der Waals surface area contributed by atoms with Crippen molar-refractivity contribution in [3.63, 3.8) is 0 Å². The summed E-state index contributed by atoms with van der Waals surface area (Å²) >= 11 is 0. The molecule has 184 valence electrons. The van der Waals surface area contributed by atoms with Crippen molar-refractivity contribution < 1.29 is 23.1 Å². The molecule has 4 bridgehead atoms. The fourth-order valence-electron chi connectivity index (χ4n) is 7.21. The zero-order valence-electron chi connectivity index (χ0n) is 19.3. The van der Waals surface area contributed by atoms with Crippen LogP contribution in [0.25, 0.3) is 0 Å². The maximum Gasteiger partial charge on any atom is 0.243 e. The SMILES string of the molecule is C=CC(=O)NC1CC(CO)N(S(=O)(=O)c2ccc(NC(=O)C34CC5CC(CC(C5)C3)C4)cc2)C1. The molecule has 0 aromatic heterocycles. The second kappa shape index (κ2) is 8.77. The Labute approximate surface area is 200 Å². The summed E-state index contributed by atoms with van der Waals surface area (Å²) in [6.45, 7) is 3.16. The van der Waals surface area contributed by atoms with E-state index in [9.17, 15) is 23.1 Å². The minimum Gasteiger partial charge on any atom is -0.395 e. The Kier molecular flexibility index (Phi) is 6.06. The van der Waals surface area contributed by atoms with Crippen LogP contribution in [-0.4, -0.2) is 54.9 Å². The maximum absolute atomic E-state index is 13.3. The van der Waals surface area contributed by atoms with Gasteiger partial charge in [-0.3, -0.25) is 9.59 Å². The van der Waals surface area contributed by atoms with Crippen LogP contribution < -0.4 is 10.6 Å². The minimum absolute atomic E-state index is 0.0721. The Morgan fingerprint density at radius 2 is 1.65 bits per heavy atom. The Bertz CT molecular complexity index is 1050. The quantitative estimate of drug-likeness (QED) is 0.510. The molecule has 2 unspecified atom stereocenters. The molecule has 1 aromatic rings. The Balaban J connectivity index is 1.27. The topological polar surface area (TPSA) is 116 Å². The van der Waals surface area contributed by atoms with Gasteiger partial charge in [-0.15, -0.1) is 0 Å². The van der Waals surface area contributed by atoms with Crippen molar-refractivity contribution in [3.05, 3.63) is 36.9 Å².